The van der Waals surface area contributed by atoms with Gasteiger partial charge >= 0.3 is 0 Å². The number of pyridine rings is 1. The molecule has 0 aliphatic carbocycles. The number of benzene rings is 2. The van der Waals surface area contributed by atoms with Crippen molar-refractivity contribution in [3.05, 3.63) is 75.2 Å². The Morgan fingerprint density at radius 3 is 2.57 bits per heavy atom. The molecule has 1 fully saturated rings. The van der Waals surface area contributed by atoms with E-state index >= 15 is 0 Å². The van der Waals surface area contributed by atoms with Gasteiger partial charge in [-0.15, -0.1) is 0 Å². The predicted octanol–water partition coefficient (Wildman–Crippen LogP) is 4.79. The molecule has 1 aliphatic rings. The van der Waals surface area contributed by atoms with E-state index in [-0.39, 0.29) is 11.7 Å². The third-order valence-electron chi connectivity index (χ3n) is 5.50. The van der Waals surface area contributed by atoms with Crippen molar-refractivity contribution in [1.82, 2.24) is 9.88 Å². The molecule has 5 heteroatoms. The average Bonchev–Trinajstić information content (AvgIpc) is 2.71. The van der Waals surface area contributed by atoms with Gasteiger partial charge in [-0.3, -0.25) is 9.69 Å². The molecule has 0 bridgehead atoms. The molecule has 0 atom stereocenters. The summed E-state index contributed by atoms with van der Waals surface area (Å²) in [6.45, 7) is 5.07. The number of ether oxygens (including phenoxy) is 1. The summed E-state index contributed by atoms with van der Waals surface area (Å²) in [4.78, 5) is 17.3. The summed E-state index contributed by atoms with van der Waals surface area (Å²) in [5, 5.41) is 2.49. The minimum Gasteiger partial charge on any atom is -0.490 e. The highest BCUT2D eigenvalue weighted by molar-refractivity contribution is 6.30. The van der Waals surface area contributed by atoms with Crippen molar-refractivity contribution < 1.29 is 4.74 Å². The summed E-state index contributed by atoms with van der Waals surface area (Å²) in [5.41, 5.74) is 2.38. The third kappa shape index (κ3) is 4.23. The number of piperidine rings is 1. The molecular weight excluding hydrogens is 372 g/mol. The number of aromatic nitrogens is 1. The first-order valence-electron chi connectivity index (χ1n) is 9.90. The number of nitrogens with zero attached hydrogens (tertiary/aromatic N) is 1. The normalized spacial score (nSPS) is 15.8. The van der Waals surface area contributed by atoms with E-state index in [0.717, 1.165) is 66.0 Å². The number of rotatable bonds is 5. The quantitative estimate of drug-likeness (QED) is 0.674. The maximum atomic E-state index is 12.0. The van der Waals surface area contributed by atoms with Gasteiger partial charge < -0.3 is 9.72 Å². The highest BCUT2D eigenvalue weighted by atomic mass is 35.5. The maximum absolute atomic E-state index is 12.0. The summed E-state index contributed by atoms with van der Waals surface area (Å²) in [6, 6.07) is 13.9. The first-order valence-corrected chi connectivity index (χ1v) is 10.3. The van der Waals surface area contributed by atoms with Crippen molar-refractivity contribution in [1.29, 1.82) is 0 Å². The van der Waals surface area contributed by atoms with E-state index in [0.29, 0.717) is 0 Å². The van der Waals surface area contributed by atoms with Crippen LogP contribution in [0.25, 0.3) is 10.8 Å². The van der Waals surface area contributed by atoms with Crippen molar-refractivity contribution in [2.75, 3.05) is 13.1 Å². The van der Waals surface area contributed by atoms with E-state index in [1.165, 1.54) is 5.56 Å². The molecule has 1 aliphatic heterocycles. The third-order valence-corrected chi connectivity index (χ3v) is 5.75. The van der Waals surface area contributed by atoms with E-state index in [9.17, 15) is 4.79 Å². The molecule has 0 radical (unpaired) electrons. The second kappa shape index (κ2) is 8.38. The fraction of sp³-hybridized carbons (Fsp3) is 0.348. The molecule has 28 heavy (non-hydrogen) atoms. The number of aromatic amines is 1. The van der Waals surface area contributed by atoms with Gasteiger partial charge in [-0.1, -0.05) is 30.7 Å². The molecule has 0 unspecified atom stereocenters. The summed E-state index contributed by atoms with van der Waals surface area (Å²) < 4.78 is 6.26. The number of hydrogen-bond acceptors (Lipinski definition) is 3. The minimum absolute atomic E-state index is 0.0470. The Kier molecular flexibility index (Phi) is 5.69. The van der Waals surface area contributed by atoms with Crippen LogP contribution in [0.15, 0.2) is 53.5 Å². The van der Waals surface area contributed by atoms with Crippen LogP contribution >= 0.6 is 11.6 Å². The molecule has 3 aromatic rings. The van der Waals surface area contributed by atoms with Crippen LogP contribution in [0.1, 0.15) is 30.9 Å². The van der Waals surface area contributed by atoms with Crippen molar-refractivity contribution in [2.24, 2.45) is 0 Å². The summed E-state index contributed by atoms with van der Waals surface area (Å²) in [6.07, 6.45) is 4.90. The van der Waals surface area contributed by atoms with E-state index in [4.69, 9.17) is 16.3 Å². The first-order chi connectivity index (χ1) is 13.6. The lowest BCUT2D eigenvalue weighted by Gasteiger charge is -2.32. The number of H-pyrrole nitrogens is 1. The van der Waals surface area contributed by atoms with Gasteiger partial charge in [0.25, 0.3) is 5.56 Å². The molecule has 4 nitrogen and oxygen atoms in total. The summed E-state index contributed by atoms with van der Waals surface area (Å²) in [5.74, 6) is 0.851. The second-order valence-electron chi connectivity index (χ2n) is 7.42. The largest absolute Gasteiger partial charge is 0.490 e. The molecule has 0 spiro atoms. The molecule has 2 heterocycles. The number of fused-ring (bicyclic) bond motifs is 1. The number of halogens is 1. The zero-order chi connectivity index (χ0) is 19.5. The van der Waals surface area contributed by atoms with Crippen LogP contribution in [-0.4, -0.2) is 29.1 Å². The minimum atomic E-state index is -0.0470. The summed E-state index contributed by atoms with van der Waals surface area (Å²) >= 11 is 5.97. The molecule has 146 valence electrons. The Hall–Kier alpha value is -2.30. The van der Waals surface area contributed by atoms with Crippen molar-refractivity contribution in [3.8, 4) is 5.75 Å². The SMILES string of the molecule is CCc1c[nH]c(=O)c2ccc(OC3CCN(Cc4ccc(Cl)cc4)CC3)cc12. The first kappa shape index (κ1) is 19.0. The van der Waals surface area contributed by atoms with Crippen LogP contribution in [0.2, 0.25) is 5.02 Å². The van der Waals surface area contributed by atoms with Gasteiger partial charge in [-0.2, -0.15) is 0 Å². The van der Waals surface area contributed by atoms with E-state index in [2.05, 4.69) is 28.9 Å². The van der Waals surface area contributed by atoms with Gasteiger partial charge in [0.2, 0.25) is 0 Å². The highest BCUT2D eigenvalue weighted by Crippen LogP contribution is 2.25. The Labute approximate surface area is 170 Å². The molecular formula is C23H25ClN2O2. The summed E-state index contributed by atoms with van der Waals surface area (Å²) in [7, 11) is 0. The molecule has 1 saturated heterocycles. The number of aryl methyl sites for hydroxylation is 1. The standard InChI is InChI=1S/C23H25ClN2O2/c1-2-17-14-25-23(27)21-8-7-20(13-22(17)21)28-19-9-11-26(12-10-19)15-16-3-5-18(24)6-4-16/h3-8,13-14,19H,2,9-12,15H2,1H3,(H,25,27). The van der Waals surface area contributed by atoms with Gasteiger partial charge in [0.15, 0.2) is 0 Å². The Morgan fingerprint density at radius 1 is 1.11 bits per heavy atom. The Balaban J connectivity index is 1.39. The fourth-order valence-corrected chi connectivity index (χ4v) is 4.01. The van der Waals surface area contributed by atoms with E-state index < -0.39 is 0 Å². The molecule has 2 aromatic carbocycles. The number of likely N-dealkylation sites (tertiary alicyclic amines) is 1. The van der Waals surface area contributed by atoms with Crippen LogP contribution in [-0.2, 0) is 13.0 Å². The smallest absolute Gasteiger partial charge is 0.255 e. The average molecular weight is 397 g/mol. The Morgan fingerprint density at radius 2 is 1.86 bits per heavy atom. The number of hydrogen-bond donors (Lipinski definition) is 1. The van der Waals surface area contributed by atoms with Crippen LogP contribution in [0.5, 0.6) is 5.75 Å². The van der Waals surface area contributed by atoms with Crippen molar-refractivity contribution in [3.63, 3.8) is 0 Å². The van der Waals surface area contributed by atoms with Gasteiger partial charge in [0, 0.05) is 36.2 Å². The zero-order valence-electron chi connectivity index (χ0n) is 16.1. The van der Waals surface area contributed by atoms with Crippen molar-refractivity contribution in [2.45, 2.75) is 38.8 Å². The predicted molar refractivity (Wildman–Crippen MR) is 114 cm³/mol. The van der Waals surface area contributed by atoms with Crippen LogP contribution in [0.4, 0.5) is 0 Å². The Bertz CT molecular complexity index is 1010. The molecule has 4 rings (SSSR count). The van der Waals surface area contributed by atoms with Crippen LogP contribution in [0.3, 0.4) is 0 Å². The highest BCUT2D eigenvalue weighted by Gasteiger charge is 2.21. The lowest BCUT2D eigenvalue weighted by molar-refractivity contribution is 0.0969. The lowest BCUT2D eigenvalue weighted by atomic mass is 10.0. The molecule has 1 aromatic heterocycles. The molecule has 0 amide bonds. The van der Waals surface area contributed by atoms with Gasteiger partial charge in [-0.25, -0.2) is 0 Å². The molecule has 0 saturated carbocycles. The lowest BCUT2D eigenvalue weighted by Crippen LogP contribution is -2.37. The zero-order valence-corrected chi connectivity index (χ0v) is 16.8. The van der Waals surface area contributed by atoms with Crippen LogP contribution in [0, 0.1) is 0 Å². The topological polar surface area (TPSA) is 45.3 Å². The van der Waals surface area contributed by atoms with E-state index in [1.807, 2.05) is 36.5 Å². The maximum Gasteiger partial charge on any atom is 0.255 e. The monoisotopic (exact) mass is 396 g/mol. The fourth-order valence-electron chi connectivity index (χ4n) is 3.89. The van der Waals surface area contributed by atoms with E-state index in [1.54, 1.807) is 0 Å². The van der Waals surface area contributed by atoms with Gasteiger partial charge in [0.1, 0.15) is 11.9 Å². The molecule has 1 N–H and O–H groups in total. The van der Waals surface area contributed by atoms with Crippen molar-refractivity contribution >= 4 is 22.4 Å². The van der Waals surface area contributed by atoms with Crippen LogP contribution < -0.4 is 10.3 Å². The van der Waals surface area contributed by atoms with Gasteiger partial charge in [-0.05, 0) is 66.1 Å². The number of nitrogens with one attached hydrogen (secondary N) is 1. The second-order valence-corrected chi connectivity index (χ2v) is 7.86. The van der Waals surface area contributed by atoms with Gasteiger partial charge in [0.05, 0.1) is 0 Å².